The first-order chi connectivity index (χ1) is 12.1. The van der Waals surface area contributed by atoms with Gasteiger partial charge in [0.15, 0.2) is 0 Å². The monoisotopic (exact) mass is 343 g/mol. The third-order valence-electron chi connectivity index (χ3n) is 5.04. The average molecular weight is 343 g/mol. The number of hydrogen-bond acceptors (Lipinski definition) is 4. The Labute approximate surface area is 147 Å². The molecule has 25 heavy (non-hydrogen) atoms. The van der Waals surface area contributed by atoms with Crippen molar-refractivity contribution in [3.63, 3.8) is 0 Å². The van der Waals surface area contributed by atoms with Gasteiger partial charge in [-0.25, -0.2) is 0 Å². The van der Waals surface area contributed by atoms with Gasteiger partial charge in [-0.15, -0.1) is 0 Å². The fraction of sp³-hybridized carbons (Fsp3) is 0.474. The zero-order valence-corrected chi connectivity index (χ0v) is 14.6. The zero-order valence-electron chi connectivity index (χ0n) is 14.6. The fourth-order valence-corrected chi connectivity index (χ4v) is 3.44. The highest BCUT2D eigenvalue weighted by Crippen LogP contribution is 2.13. The molecule has 134 valence electrons. The number of aromatic nitrogens is 1. The Bertz CT molecular complexity index is 790. The normalized spacial score (nSPS) is 17.0. The number of nitrogens with one attached hydrogen (secondary N) is 1. The highest BCUT2D eigenvalue weighted by Gasteiger charge is 2.25. The number of fused-ring (bicyclic) bond motifs is 1. The van der Waals surface area contributed by atoms with Crippen LogP contribution >= 0.6 is 0 Å². The number of pyridine rings is 1. The van der Waals surface area contributed by atoms with Crippen LogP contribution in [-0.4, -0.2) is 64.6 Å². The SMILES string of the molecule is CCC(CO)N1CCN(C(=O)Cc2cc3ccccc3[nH]c2=O)CC1. The van der Waals surface area contributed by atoms with Crippen molar-refractivity contribution in [2.45, 2.75) is 25.8 Å². The molecule has 0 spiro atoms. The van der Waals surface area contributed by atoms with Gasteiger partial charge in [0, 0.05) is 43.3 Å². The van der Waals surface area contributed by atoms with Crippen molar-refractivity contribution in [3.05, 3.63) is 46.2 Å². The van der Waals surface area contributed by atoms with E-state index in [1.165, 1.54) is 0 Å². The smallest absolute Gasteiger partial charge is 0.252 e. The number of hydrogen-bond donors (Lipinski definition) is 2. The average Bonchev–Trinajstić information content (AvgIpc) is 2.64. The van der Waals surface area contributed by atoms with Gasteiger partial charge < -0.3 is 15.0 Å². The molecule has 0 bridgehead atoms. The minimum atomic E-state index is -0.197. The van der Waals surface area contributed by atoms with Crippen LogP contribution in [0, 0.1) is 0 Å². The van der Waals surface area contributed by atoms with Gasteiger partial charge in [-0.2, -0.15) is 0 Å². The third kappa shape index (κ3) is 3.91. The van der Waals surface area contributed by atoms with Crippen LogP contribution < -0.4 is 5.56 Å². The van der Waals surface area contributed by atoms with E-state index in [0.717, 1.165) is 30.4 Å². The molecule has 1 atom stereocenters. The van der Waals surface area contributed by atoms with E-state index in [-0.39, 0.29) is 30.5 Å². The minimum absolute atomic E-state index is 0.0162. The van der Waals surface area contributed by atoms with Crippen molar-refractivity contribution >= 4 is 16.8 Å². The summed E-state index contributed by atoms with van der Waals surface area (Å²) in [5.74, 6) is -0.0162. The van der Waals surface area contributed by atoms with Gasteiger partial charge in [0.05, 0.1) is 13.0 Å². The molecule has 1 fully saturated rings. The number of para-hydroxylation sites is 1. The minimum Gasteiger partial charge on any atom is -0.395 e. The summed E-state index contributed by atoms with van der Waals surface area (Å²) in [7, 11) is 0. The van der Waals surface area contributed by atoms with Gasteiger partial charge in [-0.3, -0.25) is 14.5 Å². The van der Waals surface area contributed by atoms with Crippen molar-refractivity contribution in [1.82, 2.24) is 14.8 Å². The Morgan fingerprint density at radius 2 is 1.96 bits per heavy atom. The molecular weight excluding hydrogens is 318 g/mol. The van der Waals surface area contributed by atoms with Gasteiger partial charge in [0.25, 0.3) is 5.56 Å². The molecule has 1 aromatic carbocycles. The van der Waals surface area contributed by atoms with E-state index in [4.69, 9.17) is 0 Å². The molecule has 0 aliphatic carbocycles. The van der Waals surface area contributed by atoms with Gasteiger partial charge in [0.2, 0.25) is 5.91 Å². The lowest BCUT2D eigenvalue weighted by Crippen LogP contribution is -2.53. The maximum atomic E-state index is 12.6. The molecule has 2 heterocycles. The van der Waals surface area contributed by atoms with Crippen molar-refractivity contribution in [2.24, 2.45) is 0 Å². The Hall–Kier alpha value is -2.18. The number of aliphatic hydroxyl groups is 1. The molecule has 1 unspecified atom stereocenters. The summed E-state index contributed by atoms with van der Waals surface area (Å²) in [6.07, 6.45) is 1.02. The van der Waals surface area contributed by atoms with Crippen LogP contribution in [0.1, 0.15) is 18.9 Å². The number of carbonyl (C=O) groups excluding carboxylic acids is 1. The van der Waals surface area contributed by atoms with Crippen LogP contribution in [0.25, 0.3) is 10.9 Å². The number of aromatic amines is 1. The predicted molar refractivity (Wildman–Crippen MR) is 97.6 cm³/mol. The highest BCUT2D eigenvalue weighted by molar-refractivity contribution is 5.82. The third-order valence-corrected chi connectivity index (χ3v) is 5.04. The number of H-pyrrole nitrogens is 1. The molecule has 1 amide bonds. The first-order valence-electron chi connectivity index (χ1n) is 8.86. The van der Waals surface area contributed by atoms with E-state index in [1.54, 1.807) is 6.07 Å². The van der Waals surface area contributed by atoms with Crippen molar-refractivity contribution < 1.29 is 9.90 Å². The summed E-state index contributed by atoms with van der Waals surface area (Å²) in [6.45, 7) is 5.01. The Kier molecular flexibility index (Phi) is 5.50. The summed E-state index contributed by atoms with van der Waals surface area (Å²) >= 11 is 0. The van der Waals surface area contributed by atoms with Gasteiger partial charge in [-0.05, 0) is 23.9 Å². The van der Waals surface area contributed by atoms with Crippen LogP contribution in [0.5, 0.6) is 0 Å². The van der Waals surface area contributed by atoms with Gasteiger partial charge in [-0.1, -0.05) is 25.1 Å². The fourth-order valence-electron chi connectivity index (χ4n) is 3.44. The van der Waals surface area contributed by atoms with E-state index in [0.29, 0.717) is 18.7 Å². The topological polar surface area (TPSA) is 76.6 Å². The Balaban J connectivity index is 1.65. The molecular formula is C19H25N3O3. The second-order valence-corrected chi connectivity index (χ2v) is 6.55. The summed E-state index contributed by atoms with van der Waals surface area (Å²) < 4.78 is 0. The second-order valence-electron chi connectivity index (χ2n) is 6.55. The first kappa shape index (κ1) is 17.6. The van der Waals surface area contributed by atoms with Crippen LogP contribution in [0.4, 0.5) is 0 Å². The predicted octanol–water partition coefficient (Wildman–Crippen LogP) is 0.986. The largest absolute Gasteiger partial charge is 0.395 e. The molecule has 1 aliphatic rings. The van der Waals surface area contributed by atoms with Crippen molar-refractivity contribution in [3.8, 4) is 0 Å². The van der Waals surface area contributed by atoms with Crippen LogP contribution in [0.3, 0.4) is 0 Å². The lowest BCUT2D eigenvalue weighted by Gasteiger charge is -2.38. The summed E-state index contributed by atoms with van der Waals surface area (Å²) in [4.78, 5) is 31.7. The molecule has 6 heteroatoms. The number of amides is 1. The number of benzene rings is 1. The zero-order chi connectivity index (χ0) is 17.8. The molecule has 1 saturated heterocycles. The van der Waals surface area contributed by atoms with Gasteiger partial charge >= 0.3 is 0 Å². The summed E-state index contributed by atoms with van der Waals surface area (Å²) in [5, 5.41) is 10.3. The van der Waals surface area contributed by atoms with Crippen molar-refractivity contribution in [2.75, 3.05) is 32.8 Å². The second kappa shape index (κ2) is 7.80. The molecule has 1 aliphatic heterocycles. The van der Waals surface area contributed by atoms with Gasteiger partial charge in [0.1, 0.15) is 0 Å². The standard InChI is InChI=1S/C19H25N3O3/c1-2-16(13-23)21-7-9-22(10-8-21)18(24)12-15-11-14-5-3-4-6-17(14)20-19(15)25/h3-6,11,16,23H,2,7-10,12-13H2,1H3,(H,20,25). The van der Waals surface area contributed by atoms with E-state index >= 15 is 0 Å². The lowest BCUT2D eigenvalue weighted by molar-refractivity contribution is -0.132. The maximum Gasteiger partial charge on any atom is 0.252 e. The molecule has 6 nitrogen and oxygen atoms in total. The highest BCUT2D eigenvalue weighted by atomic mass is 16.3. The molecule has 3 rings (SSSR count). The van der Waals surface area contributed by atoms with E-state index < -0.39 is 0 Å². The van der Waals surface area contributed by atoms with E-state index in [9.17, 15) is 14.7 Å². The number of piperazine rings is 1. The maximum absolute atomic E-state index is 12.6. The quantitative estimate of drug-likeness (QED) is 0.849. The van der Waals surface area contributed by atoms with Crippen LogP contribution in [-0.2, 0) is 11.2 Å². The Morgan fingerprint density at radius 3 is 2.64 bits per heavy atom. The van der Waals surface area contributed by atoms with E-state index in [1.807, 2.05) is 29.2 Å². The number of rotatable bonds is 5. The molecule has 1 aromatic heterocycles. The molecule has 2 aromatic rings. The van der Waals surface area contributed by atoms with E-state index in [2.05, 4.69) is 16.8 Å². The molecule has 2 N–H and O–H groups in total. The van der Waals surface area contributed by atoms with Crippen molar-refractivity contribution in [1.29, 1.82) is 0 Å². The lowest BCUT2D eigenvalue weighted by atomic mass is 10.1. The summed E-state index contributed by atoms with van der Waals surface area (Å²) in [6, 6.07) is 9.54. The van der Waals surface area contributed by atoms with Crippen LogP contribution in [0.15, 0.2) is 35.1 Å². The molecule has 0 radical (unpaired) electrons. The Morgan fingerprint density at radius 1 is 1.24 bits per heavy atom. The number of nitrogens with zero attached hydrogens (tertiary/aromatic N) is 2. The molecule has 0 saturated carbocycles. The number of carbonyl (C=O) groups is 1. The summed E-state index contributed by atoms with van der Waals surface area (Å²) in [5.41, 5.74) is 1.09. The number of aliphatic hydroxyl groups excluding tert-OH is 1. The first-order valence-corrected chi connectivity index (χ1v) is 8.86. The van der Waals surface area contributed by atoms with Crippen LogP contribution in [0.2, 0.25) is 0 Å².